The molecule has 188 valence electrons. The van der Waals surface area contributed by atoms with Crippen molar-refractivity contribution in [2.45, 2.75) is 55.5 Å². The van der Waals surface area contributed by atoms with Gasteiger partial charge in [-0.2, -0.15) is 0 Å². The molecule has 0 aromatic heterocycles. The maximum absolute atomic E-state index is 13.5. The molecule has 1 amide bonds. The molecule has 0 radical (unpaired) electrons. The van der Waals surface area contributed by atoms with Crippen LogP contribution in [0.3, 0.4) is 0 Å². The first kappa shape index (κ1) is 22.2. The third-order valence-electron chi connectivity index (χ3n) is 9.04. The molecule has 5 atom stereocenters. The number of benzene rings is 2. The van der Waals surface area contributed by atoms with E-state index in [1.54, 1.807) is 7.11 Å². The van der Waals surface area contributed by atoms with E-state index in [1.165, 1.54) is 16.8 Å². The summed E-state index contributed by atoms with van der Waals surface area (Å²) in [5.41, 5.74) is 3.36. The largest absolute Gasteiger partial charge is 0.493 e. The van der Waals surface area contributed by atoms with Crippen LogP contribution < -0.4 is 14.4 Å². The minimum atomic E-state index is -0.494. The summed E-state index contributed by atoms with van der Waals surface area (Å²) in [6.45, 7) is 3.68. The summed E-state index contributed by atoms with van der Waals surface area (Å²) in [6, 6.07) is 15.4. The van der Waals surface area contributed by atoms with E-state index in [9.17, 15) is 9.90 Å². The second-order valence-corrected chi connectivity index (χ2v) is 11.0. The number of nitrogens with zero attached hydrogens (tertiary/aromatic N) is 3. The molecule has 1 aliphatic carbocycles. The lowest BCUT2D eigenvalue weighted by atomic mass is 9.69. The number of amides is 1. The molecule has 2 aromatic carbocycles. The van der Waals surface area contributed by atoms with Gasteiger partial charge in [-0.05, 0) is 36.6 Å². The van der Waals surface area contributed by atoms with Gasteiger partial charge in [0.1, 0.15) is 6.10 Å². The van der Waals surface area contributed by atoms with Crippen molar-refractivity contribution in [1.82, 2.24) is 9.80 Å². The highest BCUT2D eigenvalue weighted by Crippen LogP contribution is 2.55. The summed E-state index contributed by atoms with van der Waals surface area (Å²) in [5, 5.41) is 10.3. The van der Waals surface area contributed by atoms with Crippen LogP contribution in [0, 0.1) is 0 Å². The fourth-order valence-electron chi connectivity index (χ4n) is 7.32. The van der Waals surface area contributed by atoms with Gasteiger partial charge in [-0.3, -0.25) is 9.69 Å². The molecule has 5 aliphatic rings. The van der Waals surface area contributed by atoms with Crippen LogP contribution in [0.2, 0.25) is 0 Å². The van der Waals surface area contributed by atoms with Gasteiger partial charge >= 0.3 is 0 Å². The first-order valence-corrected chi connectivity index (χ1v) is 13.1. The topological polar surface area (TPSA) is 65.5 Å². The van der Waals surface area contributed by atoms with Crippen LogP contribution in [0.4, 0.5) is 5.69 Å². The average molecular weight is 488 g/mol. The summed E-state index contributed by atoms with van der Waals surface area (Å²) < 4.78 is 12.1. The number of likely N-dealkylation sites (tertiary alicyclic amines) is 1. The Morgan fingerprint density at radius 1 is 1.14 bits per heavy atom. The van der Waals surface area contributed by atoms with Crippen molar-refractivity contribution < 1.29 is 19.4 Å². The first-order valence-electron chi connectivity index (χ1n) is 13.1. The molecule has 2 aromatic rings. The van der Waals surface area contributed by atoms with E-state index in [-0.39, 0.29) is 17.4 Å². The van der Waals surface area contributed by atoms with Crippen LogP contribution in [0.25, 0.3) is 0 Å². The summed E-state index contributed by atoms with van der Waals surface area (Å²) in [5.74, 6) is 1.79. The normalized spacial score (nSPS) is 32.2. The maximum Gasteiger partial charge on any atom is 0.237 e. The van der Waals surface area contributed by atoms with Gasteiger partial charge in [-0.25, -0.2) is 0 Å². The Balaban J connectivity index is 1.10. The average Bonchev–Trinajstić information content (AvgIpc) is 3.56. The predicted molar refractivity (Wildman–Crippen MR) is 136 cm³/mol. The third-order valence-corrected chi connectivity index (χ3v) is 9.04. The molecule has 1 spiro atoms. The van der Waals surface area contributed by atoms with Gasteiger partial charge in [-0.15, -0.1) is 0 Å². The number of methoxy groups -OCH3 is 1. The minimum absolute atomic E-state index is 0.114. The van der Waals surface area contributed by atoms with E-state index in [1.807, 2.05) is 12.1 Å². The van der Waals surface area contributed by atoms with Crippen molar-refractivity contribution in [2.24, 2.45) is 0 Å². The Hall–Kier alpha value is -3.03. The number of carbonyl (C=O) groups is 1. The molecular weight excluding hydrogens is 454 g/mol. The Morgan fingerprint density at radius 3 is 2.78 bits per heavy atom. The second kappa shape index (κ2) is 8.25. The van der Waals surface area contributed by atoms with Gasteiger partial charge in [-0.1, -0.05) is 36.4 Å². The van der Waals surface area contributed by atoms with Gasteiger partial charge in [0.05, 0.1) is 31.2 Å². The van der Waals surface area contributed by atoms with Crippen molar-refractivity contribution >= 4 is 11.6 Å². The van der Waals surface area contributed by atoms with E-state index in [0.717, 1.165) is 44.0 Å². The van der Waals surface area contributed by atoms with Gasteiger partial charge in [0.25, 0.3) is 0 Å². The summed E-state index contributed by atoms with van der Waals surface area (Å²) in [7, 11) is 1.67. The Kier molecular flexibility index (Phi) is 5.08. The van der Waals surface area contributed by atoms with Crippen LogP contribution >= 0.6 is 0 Å². The lowest BCUT2D eigenvalue weighted by Gasteiger charge is -2.37. The number of rotatable bonds is 4. The van der Waals surface area contributed by atoms with E-state index in [0.29, 0.717) is 31.6 Å². The number of anilines is 1. The van der Waals surface area contributed by atoms with Crippen LogP contribution in [0.15, 0.2) is 54.6 Å². The zero-order chi connectivity index (χ0) is 24.4. The standard InChI is InChI=1S/C29H33N3O4/c1-35-24-8-7-19-15-30(12-11-29-10-9-23(33)14-25(29)36-28(24)27(19)29)18-26(34)32-17-21-13-22(32)16-31(21)20-5-3-2-4-6-20/h2-10,21-23,25,33H,11-18H2,1H3/t21?,22?,23?,25-,29?/m1/s1. The highest BCUT2D eigenvalue weighted by Gasteiger charge is 2.53. The Bertz CT molecular complexity index is 1220. The number of ether oxygens (including phenoxy) is 2. The molecule has 7 nitrogen and oxygen atoms in total. The van der Waals surface area contributed by atoms with E-state index >= 15 is 0 Å². The first-order chi connectivity index (χ1) is 17.6. The van der Waals surface area contributed by atoms with Crippen molar-refractivity contribution in [2.75, 3.05) is 38.2 Å². The highest BCUT2D eigenvalue weighted by molar-refractivity contribution is 5.80. The minimum Gasteiger partial charge on any atom is -0.493 e. The molecule has 4 unspecified atom stereocenters. The van der Waals surface area contributed by atoms with E-state index in [2.05, 4.69) is 57.2 Å². The van der Waals surface area contributed by atoms with Gasteiger partial charge in [0, 0.05) is 49.9 Å². The maximum atomic E-state index is 13.5. The lowest BCUT2D eigenvalue weighted by Crippen LogP contribution is -2.51. The van der Waals surface area contributed by atoms with Gasteiger partial charge < -0.3 is 24.4 Å². The highest BCUT2D eigenvalue weighted by atomic mass is 16.5. The molecule has 1 N–H and O–H groups in total. The fraction of sp³-hybridized carbons (Fsp3) is 0.483. The molecule has 2 saturated heterocycles. The third kappa shape index (κ3) is 3.29. The number of piperazine rings is 1. The molecule has 2 fully saturated rings. The Labute approximate surface area is 211 Å². The summed E-state index contributed by atoms with van der Waals surface area (Å²) in [6.07, 6.45) is 5.95. The molecule has 7 rings (SSSR count). The van der Waals surface area contributed by atoms with Gasteiger partial charge in [0.15, 0.2) is 11.5 Å². The monoisotopic (exact) mass is 487 g/mol. The number of carbonyl (C=O) groups excluding carboxylic acids is 1. The second-order valence-electron chi connectivity index (χ2n) is 11.0. The number of hydrogen-bond donors (Lipinski definition) is 1. The van der Waals surface area contributed by atoms with Crippen LogP contribution in [0.5, 0.6) is 11.5 Å². The lowest BCUT2D eigenvalue weighted by molar-refractivity contribution is -0.133. The quantitative estimate of drug-likeness (QED) is 0.669. The van der Waals surface area contributed by atoms with E-state index in [4.69, 9.17) is 9.47 Å². The number of hydrogen-bond acceptors (Lipinski definition) is 6. The fourth-order valence-corrected chi connectivity index (χ4v) is 7.32. The van der Waals surface area contributed by atoms with Crippen LogP contribution in [0.1, 0.15) is 30.4 Å². The summed E-state index contributed by atoms with van der Waals surface area (Å²) in [4.78, 5) is 20.4. The van der Waals surface area contributed by atoms with Crippen molar-refractivity contribution in [3.8, 4) is 11.5 Å². The predicted octanol–water partition coefficient (Wildman–Crippen LogP) is 2.71. The smallest absolute Gasteiger partial charge is 0.237 e. The molecule has 4 heterocycles. The zero-order valence-corrected chi connectivity index (χ0v) is 20.7. The zero-order valence-electron chi connectivity index (χ0n) is 20.7. The number of aliphatic hydroxyl groups is 1. The van der Waals surface area contributed by atoms with Crippen LogP contribution in [-0.2, 0) is 16.8 Å². The molecule has 4 aliphatic heterocycles. The number of aliphatic hydroxyl groups excluding tert-OH is 1. The van der Waals surface area contributed by atoms with E-state index < -0.39 is 6.10 Å². The number of para-hydroxylation sites is 1. The van der Waals surface area contributed by atoms with Crippen molar-refractivity contribution in [3.63, 3.8) is 0 Å². The van der Waals surface area contributed by atoms with Crippen molar-refractivity contribution in [1.29, 1.82) is 0 Å². The van der Waals surface area contributed by atoms with Gasteiger partial charge in [0.2, 0.25) is 5.91 Å². The molecule has 7 heteroatoms. The Morgan fingerprint density at radius 2 is 2.00 bits per heavy atom. The van der Waals surface area contributed by atoms with Crippen LogP contribution in [-0.4, -0.2) is 78.4 Å². The molecule has 36 heavy (non-hydrogen) atoms. The molecule has 2 bridgehead atoms. The van der Waals surface area contributed by atoms with Crippen molar-refractivity contribution in [3.05, 3.63) is 65.7 Å². The summed E-state index contributed by atoms with van der Waals surface area (Å²) >= 11 is 0. The SMILES string of the molecule is COc1ccc2c3c1O[C@@H]1CC(O)C=CC31CCN(CC(=O)N1CC3CC1CN3c1ccccc1)C2. The number of fused-ring (bicyclic) bond motifs is 2. The molecule has 0 saturated carbocycles. The molecular formula is C29H33N3O4.